The molecule has 5 heteroatoms. The molecular formula is C11H9F3OS. The summed E-state index contributed by atoms with van der Waals surface area (Å²) in [5.74, 6) is -0.637. The third-order valence-electron chi connectivity index (χ3n) is 1.82. The highest BCUT2D eigenvalue weighted by Crippen LogP contribution is 2.33. The monoisotopic (exact) mass is 246 g/mol. The van der Waals surface area contributed by atoms with Crippen molar-refractivity contribution in [2.45, 2.75) is 6.18 Å². The number of rotatable bonds is 3. The van der Waals surface area contributed by atoms with E-state index in [1.54, 1.807) is 18.2 Å². The van der Waals surface area contributed by atoms with Crippen LogP contribution in [0.5, 0.6) is 0 Å². The molecule has 0 radical (unpaired) electrons. The Bertz CT molecular complexity index is 395. The summed E-state index contributed by atoms with van der Waals surface area (Å²) in [7, 11) is 0. The Morgan fingerprint density at radius 1 is 1.25 bits per heavy atom. The first-order valence-electron chi connectivity index (χ1n) is 4.37. The van der Waals surface area contributed by atoms with Crippen LogP contribution >= 0.6 is 11.8 Å². The molecule has 0 aliphatic rings. The molecule has 1 aromatic carbocycles. The van der Waals surface area contributed by atoms with Crippen LogP contribution in [0.2, 0.25) is 0 Å². The van der Waals surface area contributed by atoms with E-state index in [0.717, 1.165) is 0 Å². The molecule has 0 amide bonds. The molecule has 0 unspecified atom stereocenters. The zero-order valence-corrected chi connectivity index (χ0v) is 9.23. The molecule has 0 aliphatic heterocycles. The van der Waals surface area contributed by atoms with Gasteiger partial charge < -0.3 is 0 Å². The molecule has 0 fully saturated rings. The maximum Gasteiger partial charge on any atom is 0.422 e. The van der Waals surface area contributed by atoms with Gasteiger partial charge in [-0.2, -0.15) is 13.2 Å². The van der Waals surface area contributed by atoms with Crippen LogP contribution in [0.25, 0.3) is 0 Å². The van der Waals surface area contributed by atoms with Crippen LogP contribution in [-0.4, -0.2) is 18.2 Å². The lowest BCUT2D eigenvalue weighted by molar-refractivity contribution is -0.0836. The predicted molar refractivity (Wildman–Crippen MR) is 58.4 cm³/mol. The highest BCUT2D eigenvalue weighted by atomic mass is 32.2. The molecule has 0 aromatic heterocycles. The topological polar surface area (TPSA) is 17.1 Å². The van der Waals surface area contributed by atoms with Crippen LogP contribution in [0.15, 0.2) is 41.3 Å². The van der Waals surface area contributed by atoms with Crippen LogP contribution < -0.4 is 0 Å². The average molecular weight is 246 g/mol. The highest BCUT2D eigenvalue weighted by Gasteiger charge is 2.33. The maximum atomic E-state index is 12.4. The SMILES string of the molecule is CS/C(=C\C(=O)c1ccccc1)C(F)(F)F. The molecule has 1 nitrogen and oxygen atoms in total. The number of carbonyl (C=O) groups is 1. The fourth-order valence-corrected chi connectivity index (χ4v) is 1.52. The van der Waals surface area contributed by atoms with E-state index in [2.05, 4.69) is 0 Å². The van der Waals surface area contributed by atoms with Crippen molar-refractivity contribution < 1.29 is 18.0 Å². The second-order valence-electron chi connectivity index (χ2n) is 2.94. The van der Waals surface area contributed by atoms with Crippen molar-refractivity contribution in [1.29, 1.82) is 0 Å². The van der Waals surface area contributed by atoms with Crippen LogP contribution in [-0.2, 0) is 0 Å². The Morgan fingerprint density at radius 2 is 1.81 bits per heavy atom. The zero-order chi connectivity index (χ0) is 12.2. The smallest absolute Gasteiger partial charge is 0.289 e. The van der Waals surface area contributed by atoms with E-state index in [0.29, 0.717) is 17.8 Å². The third-order valence-corrected chi connectivity index (χ3v) is 2.61. The maximum absolute atomic E-state index is 12.4. The Balaban J connectivity index is 2.96. The number of carbonyl (C=O) groups excluding carboxylic acids is 1. The van der Waals surface area contributed by atoms with Gasteiger partial charge in [0.15, 0.2) is 5.78 Å². The van der Waals surface area contributed by atoms with Gasteiger partial charge in [-0.1, -0.05) is 30.3 Å². The number of ketones is 1. The molecule has 0 saturated heterocycles. The second kappa shape index (κ2) is 5.21. The second-order valence-corrected chi connectivity index (χ2v) is 3.79. The minimum absolute atomic E-state index is 0.248. The van der Waals surface area contributed by atoms with E-state index in [1.165, 1.54) is 18.4 Å². The van der Waals surface area contributed by atoms with E-state index < -0.39 is 16.9 Å². The largest absolute Gasteiger partial charge is 0.422 e. The van der Waals surface area contributed by atoms with Crippen LogP contribution in [0.4, 0.5) is 13.2 Å². The van der Waals surface area contributed by atoms with Crippen molar-refractivity contribution in [2.24, 2.45) is 0 Å². The Labute approximate surface area is 95.3 Å². The van der Waals surface area contributed by atoms with Crippen molar-refractivity contribution in [2.75, 3.05) is 6.26 Å². The van der Waals surface area contributed by atoms with Gasteiger partial charge in [0.2, 0.25) is 0 Å². The van der Waals surface area contributed by atoms with Crippen molar-refractivity contribution >= 4 is 17.5 Å². The predicted octanol–water partition coefficient (Wildman–Crippen LogP) is 3.68. The number of alkyl halides is 3. The van der Waals surface area contributed by atoms with Gasteiger partial charge in [0.1, 0.15) is 0 Å². The minimum Gasteiger partial charge on any atom is -0.289 e. The van der Waals surface area contributed by atoms with E-state index in [-0.39, 0.29) is 5.56 Å². The molecule has 0 N–H and O–H groups in total. The lowest BCUT2D eigenvalue weighted by Crippen LogP contribution is -2.11. The van der Waals surface area contributed by atoms with E-state index in [4.69, 9.17) is 0 Å². The van der Waals surface area contributed by atoms with Gasteiger partial charge in [0.05, 0.1) is 4.91 Å². The fraction of sp³-hybridized carbons (Fsp3) is 0.182. The zero-order valence-electron chi connectivity index (χ0n) is 8.41. The summed E-state index contributed by atoms with van der Waals surface area (Å²) in [6.45, 7) is 0. The van der Waals surface area contributed by atoms with Gasteiger partial charge in [0, 0.05) is 11.6 Å². The summed E-state index contributed by atoms with van der Waals surface area (Å²) >= 11 is 0.515. The number of allylic oxidation sites excluding steroid dienone is 2. The molecule has 0 aliphatic carbocycles. The van der Waals surface area contributed by atoms with Crippen molar-refractivity contribution in [3.05, 3.63) is 46.9 Å². The number of hydrogen-bond acceptors (Lipinski definition) is 2. The number of hydrogen-bond donors (Lipinski definition) is 0. The lowest BCUT2D eigenvalue weighted by atomic mass is 10.1. The normalized spacial score (nSPS) is 12.6. The van der Waals surface area contributed by atoms with Gasteiger partial charge in [-0.25, -0.2) is 0 Å². The van der Waals surface area contributed by atoms with Gasteiger partial charge in [0.25, 0.3) is 0 Å². The van der Waals surface area contributed by atoms with Gasteiger partial charge >= 0.3 is 6.18 Å². The van der Waals surface area contributed by atoms with Crippen LogP contribution in [0.1, 0.15) is 10.4 Å². The van der Waals surface area contributed by atoms with Crippen molar-refractivity contribution in [1.82, 2.24) is 0 Å². The summed E-state index contributed by atoms with van der Waals surface area (Å²) in [5.41, 5.74) is 0.248. The fourth-order valence-electron chi connectivity index (χ4n) is 1.06. The number of thioether (sulfide) groups is 1. The molecule has 0 atom stereocenters. The van der Waals surface area contributed by atoms with E-state index >= 15 is 0 Å². The van der Waals surface area contributed by atoms with Crippen LogP contribution in [0.3, 0.4) is 0 Å². The summed E-state index contributed by atoms with van der Waals surface area (Å²) in [6, 6.07) is 7.86. The minimum atomic E-state index is -4.47. The van der Waals surface area contributed by atoms with Crippen molar-refractivity contribution in [3.8, 4) is 0 Å². The highest BCUT2D eigenvalue weighted by molar-refractivity contribution is 8.02. The molecule has 16 heavy (non-hydrogen) atoms. The summed E-state index contributed by atoms with van der Waals surface area (Å²) in [4.78, 5) is 10.6. The Hall–Kier alpha value is -1.23. The van der Waals surface area contributed by atoms with Gasteiger partial charge in [-0.05, 0) is 6.26 Å². The molecule has 0 saturated carbocycles. The quantitative estimate of drug-likeness (QED) is 0.597. The molecule has 0 bridgehead atoms. The first-order chi connectivity index (χ1) is 7.45. The molecule has 1 rings (SSSR count). The summed E-state index contributed by atoms with van der Waals surface area (Å²) < 4.78 is 37.1. The first kappa shape index (κ1) is 12.8. The third kappa shape index (κ3) is 3.41. The molecular weight excluding hydrogens is 237 g/mol. The molecule has 0 heterocycles. The number of benzene rings is 1. The molecule has 1 aromatic rings. The van der Waals surface area contributed by atoms with E-state index in [1.807, 2.05) is 0 Å². The standard InChI is InChI=1S/C11H9F3OS/c1-16-10(11(12,13)14)7-9(15)8-5-3-2-4-6-8/h2-7H,1H3/b10-7-. The van der Waals surface area contributed by atoms with Gasteiger partial charge in [-0.3, -0.25) is 4.79 Å². The average Bonchev–Trinajstić information content (AvgIpc) is 2.25. The number of halogens is 3. The van der Waals surface area contributed by atoms with E-state index in [9.17, 15) is 18.0 Å². The Kier molecular flexibility index (Phi) is 4.18. The van der Waals surface area contributed by atoms with Gasteiger partial charge in [-0.15, -0.1) is 11.8 Å². The summed E-state index contributed by atoms with van der Waals surface area (Å²) in [6.07, 6.45) is -2.55. The van der Waals surface area contributed by atoms with Crippen LogP contribution in [0, 0.1) is 0 Å². The molecule has 86 valence electrons. The molecule has 0 spiro atoms. The Morgan fingerprint density at radius 3 is 2.25 bits per heavy atom. The summed E-state index contributed by atoms with van der Waals surface area (Å²) in [5, 5.41) is 0. The van der Waals surface area contributed by atoms with Crippen molar-refractivity contribution in [3.63, 3.8) is 0 Å². The first-order valence-corrected chi connectivity index (χ1v) is 5.60. The lowest BCUT2D eigenvalue weighted by Gasteiger charge is -2.07.